The zero-order valence-electron chi connectivity index (χ0n) is 11.5. The molecule has 1 fully saturated rings. The topological polar surface area (TPSA) is 59.5 Å². The molecule has 1 aromatic rings. The van der Waals surface area contributed by atoms with E-state index < -0.39 is 6.04 Å². The number of hydrogen-bond acceptors (Lipinski definition) is 4. The van der Waals surface area contributed by atoms with Gasteiger partial charge in [0.15, 0.2) is 0 Å². The summed E-state index contributed by atoms with van der Waals surface area (Å²) >= 11 is 3.28. The highest BCUT2D eigenvalue weighted by molar-refractivity contribution is 9.10. The fraction of sp³-hybridized carbons (Fsp3) is 0.500. The van der Waals surface area contributed by atoms with Crippen LogP contribution in [0, 0.1) is 0 Å². The van der Waals surface area contributed by atoms with E-state index in [1.807, 2.05) is 0 Å². The molecule has 0 saturated heterocycles. The maximum absolute atomic E-state index is 12.5. The van der Waals surface area contributed by atoms with E-state index in [9.17, 15) is 9.59 Å². The SMILES string of the molecule is CCOC(=O)[C@@H](C)N(C(=O)c1ccc(Br)cn1)C1CC1. The number of aromatic nitrogens is 1. The van der Waals surface area contributed by atoms with Crippen LogP contribution < -0.4 is 0 Å². The Morgan fingerprint density at radius 1 is 1.50 bits per heavy atom. The van der Waals surface area contributed by atoms with E-state index >= 15 is 0 Å². The second-order valence-electron chi connectivity index (χ2n) is 4.73. The number of amides is 1. The average molecular weight is 341 g/mol. The van der Waals surface area contributed by atoms with Gasteiger partial charge in [0.05, 0.1) is 6.61 Å². The number of esters is 1. The highest BCUT2D eigenvalue weighted by atomic mass is 79.9. The summed E-state index contributed by atoms with van der Waals surface area (Å²) in [4.78, 5) is 30.1. The van der Waals surface area contributed by atoms with Crippen molar-refractivity contribution in [2.75, 3.05) is 6.61 Å². The van der Waals surface area contributed by atoms with Crippen molar-refractivity contribution in [3.63, 3.8) is 0 Å². The van der Waals surface area contributed by atoms with Gasteiger partial charge in [-0.15, -0.1) is 0 Å². The Morgan fingerprint density at radius 2 is 2.20 bits per heavy atom. The van der Waals surface area contributed by atoms with Crippen molar-refractivity contribution >= 4 is 27.8 Å². The fourth-order valence-electron chi connectivity index (χ4n) is 2.02. The Labute approximate surface area is 126 Å². The third-order valence-corrected chi connectivity index (χ3v) is 3.64. The molecule has 0 radical (unpaired) electrons. The zero-order chi connectivity index (χ0) is 14.7. The first-order chi connectivity index (χ1) is 9.54. The molecule has 0 N–H and O–H groups in total. The van der Waals surface area contributed by atoms with Gasteiger partial charge in [0.2, 0.25) is 0 Å². The molecule has 1 aromatic heterocycles. The summed E-state index contributed by atoms with van der Waals surface area (Å²) in [5.41, 5.74) is 0.344. The van der Waals surface area contributed by atoms with Crippen LogP contribution in [0.4, 0.5) is 0 Å². The standard InChI is InChI=1S/C14H17BrN2O3/c1-3-20-14(19)9(2)17(11-5-6-11)13(18)12-7-4-10(15)8-16-12/h4,7-9,11H,3,5-6H2,1-2H3/t9-/m1/s1. The maximum atomic E-state index is 12.5. The van der Waals surface area contributed by atoms with Gasteiger partial charge in [0, 0.05) is 16.7 Å². The van der Waals surface area contributed by atoms with Crippen LogP contribution >= 0.6 is 15.9 Å². The summed E-state index contributed by atoms with van der Waals surface area (Å²) < 4.78 is 5.82. The first-order valence-electron chi connectivity index (χ1n) is 6.65. The molecule has 1 atom stereocenters. The minimum atomic E-state index is -0.583. The average Bonchev–Trinajstić information content (AvgIpc) is 3.24. The van der Waals surface area contributed by atoms with Crippen LogP contribution in [0.3, 0.4) is 0 Å². The molecular formula is C14H17BrN2O3. The van der Waals surface area contributed by atoms with Crippen LogP contribution in [0.5, 0.6) is 0 Å². The van der Waals surface area contributed by atoms with Gasteiger partial charge >= 0.3 is 5.97 Å². The smallest absolute Gasteiger partial charge is 0.328 e. The summed E-state index contributed by atoms with van der Waals surface area (Å²) in [6.07, 6.45) is 3.42. The van der Waals surface area contributed by atoms with E-state index in [0.29, 0.717) is 12.3 Å². The molecule has 5 nitrogen and oxygen atoms in total. The van der Waals surface area contributed by atoms with E-state index in [1.54, 1.807) is 37.1 Å². The number of carbonyl (C=O) groups is 2. The molecule has 0 spiro atoms. The first kappa shape index (κ1) is 15.0. The minimum absolute atomic E-state index is 0.118. The predicted octanol–water partition coefficient (Wildman–Crippen LogP) is 2.40. The summed E-state index contributed by atoms with van der Waals surface area (Å²) in [5, 5.41) is 0. The Morgan fingerprint density at radius 3 is 2.70 bits per heavy atom. The molecule has 6 heteroatoms. The Hall–Kier alpha value is -1.43. The zero-order valence-corrected chi connectivity index (χ0v) is 13.1. The van der Waals surface area contributed by atoms with E-state index in [-0.39, 0.29) is 17.9 Å². The third-order valence-electron chi connectivity index (χ3n) is 3.17. The van der Waals surface area contributed by atoms with Crippen molar-refractivity contribution in [3.8, 4) is 0 Å². The molecule has 1 aliphatic rings. The van der Waals surface area contributed by atoms with Gasteiger partial charge in [-0.1, -0.05) is 0 Å². The molecule has 1 saturated carbocycles. The van der Waals surface area contributed by atoms with Crippen molar-refractivity contribution in [1.29, 1.82) is 0 Å². The quantitative estimate of drug-likeness (QED) is 0.772. The van der Waals surface area contributed by atoms with Gasteiger partial charge in [0.25, 0.3) is 5.91 Å². The minimum Gasteiger partial charge on any atom is -0.464 e. The monoisotopic (exact) mass is 340 g/mol. The molecule has 1 amide bonds. The number of halogens is 1. The molecule has 20 heavy (non-hydrogen) atoms. The van der Waals surface area contributed by atoms with E-state index in [0.717, 1.165) is 17.3 Å². The number of pyridine rings is 1. The lowest BCUT2D eigenvalue weighted by atomic mass is 10.2. The molecule has 108 valence electrons. The van der Waals surface area contributed by atoms with Gasteiger partial charge < -0.3 is 9.64 Å². The largest absolute Gasteiger partial charge is 0.464 e. The summed E-state index contributed by atoms with van der Waals surface area (Å²) in [6.45, 7) is 3.77. The molecule has 0 aromatic carbocycles. The second kappa shape index (κ2) is 6.35. The molecule has 0 bridgehead atoms. The Kier molecular flexibility index (Phi) is 4.75. The molecular weight excluding hydrogens is 324 g/mol. The number of carbonyl (C=O) groups excluding carboxylic acids is 2. The number of rotatable bonds is 5. The lowest BCUT2D eigenvalue weighted by Gasteiger charge is -2.27. The normalized spacial score (nSPS) is 15.6. The van der Waals surface area contributed by atoms with Gasteiger partial charge in [0.1, 0.15) is 11.7 Å². The second-order valence-corrected chi connectivity index (χ2v) is 5.65. The number of ether oxygens (including phenoxy) is 1. The van der Waals surface area contributed by atoms with Crippen LogP contribution in [-0.2, 0) is 9.53 Å². The summed E-state index contributed by atoms with van der Waals surface area (Å²) in [5.74, 6) is -0.592. The molecule has 2 rings (SSSR count). The fourth-order valence-corrected chi connectivity index (χ4v) is 2.26. The van der Waals surface area contributed by atoms with Crippen LogP contribution in [-0.4, -0.2) is 40.5 Å². The molecule has 1 aliphatic carbocycles. The Balaban J connectivity index is 2.18. The van der Waals surface area contributed by atoms with Crippen molar-refractivity contribution < 1.29 is 14.3 Å². The van der Waals surface area contributed by atoms with Gasteiger partial charge in [-0.05, 0) is 54.8 Å². The van der Waals surface area contributed by atoms with E-state index in [1.165, 1.54) is 0 Å². The van der Waals surface area contributed by atoms with E-state index in [2.05, 4.69) is 20.9 Å². The van der Waals surface area contributed by atoms with Gasteiger partial charge in [-0.25, -0.2) is 9.78 Å². The highest BCUT2D eigenvalue weighted by Crippen LogP contribution is 2.30. The molecule has 0 unspecified atom stereocenters. The van der Waals surface area contributed by atoms with E-state index in [4.69, 9.17) is 4.74 Å². The molecule has 1 heterocycles. The first-order valence-corrected chi connectivity index (χ1v) is 7.44. The summed E-state index contributed by atoms with van der Waals surface area (Å²) in [6, 6.07) is 2.95. The van der Waals surface area contributed by atoms with Crippen molar-refractivity contribution in [1.82, 2.24) is 9.88 Å². The number of hydrogen-bond donors (Lipinski definition) is 0. The van der Waals surface area contributed by atoms with Crippen LogP contribution in [0.25, 0.3) is 0 Å². The lowest BCUT2D eigenvalue weighted by molar-refractivity contribution is -0.148. The molecule has 0 aliphatic heterocycles. The maximum Gasteiger partial charge on any atom is 0.328 e. The van der Waals surface area contributed by atoms with Crippen LogP contribution in [0.2, 0.25) is 0 Å². The van der Waals surface area contributed by atoms with Crippen LogP contribution in [0.1, 0.15) is 37.2 Å². The van der Waals surface area contributed by atoms with Crippen molar-refractivity contribution in [2.45, 2.75) is 38.8 Å². The Bertz CT molecular complexity index is 500. The van der Waals surface area contributed by atoms with Gasteiger partial charge in [-0.2, -0.15) is 0 Å². The third kappa shape index (κ3) is 3.36. The van der Waals surface area contributed by atoms with Crippen molar-refractivity contribution in [2.24, 2.45) is 0 Å². The van der Waals surface area contributed by atoms with Crippen molar-refractivity contribution in [3.05, 3.63) is 28.5 Å². The van der Waals surface area contributed by atoms with Gasteiger partial charge in [-0.3, -0.25) is 4.79 Å². The lowest BCUT2D eigenvalue weighted by Crippen LogP contribution is -2.45. The summed E-state index contributed by atoms with van der Waals surface area (Å²) in [7, 11) is 0. The number of nitrogens with zero attached hydrogens (tertiary/aromatic N) is 2. The highest BCUT2D eigenvalue weighted by Gasteiger charge is 2.39. The predicted molar refractivity (Wildman–Crippen MR) is 77.2 cm³/mol. The van der Waals surface area contributed by atoms with Crippen LogP contribution in [0.15, 0.2) is 22.8 Å².